The van der Waals surface area contributed by atoms with E-state index >= 15 is 0 Å². The summed E-state index contributed by atoms with van der Waals surface area (Å²) in [5.41, 5.74) is 1.35. The molecule has 0 fully saturated rings. The second-order valence-electron chi connectivity index (χ2n) is 3.86. The van der Waals surface area contributed by atoms with Crippen LogP contribution in [0.1, 0.15) is 22.3 Å². The average Bonchev–Trinajstić information content (AvgIpc) is 2.31. The summed E-state index contributed by atoms with van der Waals surface area (Å²) in [6, 6.07) is 5.34. The first-order chi connectivity index (χ1) is 8.41. The number of benzene rings is 1. The predicted molar refractivity (Wildman–Crippen MR) is 69.5 cm³/mol. The van der Waals surface area contributed by atoms with Crippen LogP contribution in [0.3, 0.4) is 0 Å². The number of aliphatic hydroxyl groups is 1. The zero-order chi connectivity index (χ0) is 13.7. The molecule has 0 aliphatic heterocycles. The third-order valence-corrected chi connectivity index (χ3v) is 2.93. The number of carboxylic acid groups (broad SMARTS) is 1. The Balaban J connectivity index is 2.55. The van der Waals surface area contributed by atoms with E-state index < -0.39 is 12.1 Å². The van der Waals surface area contributed by atoms with Gasteiger partial charge in [-0.1, -0.05) is 22.0 Å². The zero-order valence-electron chi connectivity index (χ0n) is 9.81. The number of aliphatic hydroxyl groups excluding tert-OH is 1. The second-order valence-corrected chi connectivity index (χ2v) is 4.77. The van der Waals surface area contributed by atoms with Gasteiger partial charge in [-0.3, -0.25) is 4.79 Å². The summed E-state index contributed by atoms with van der Waals surface area (Å²) < 4.78 is 0.795. The zero-order valence-corrected chi connectivity index (χ0v) is 11.4. The average molecular weight is 316 g/mol. The van der Waals surface area contributed by atoms with E-state index in [1.807, 2.05) is 19.1 Å². The highest BCUT2D eigenvalue weighted by Crippen LogP contribution is 2.15. The molecule has 1 unspecified atom stereocenters. The lowest BCUT2D eigenvalue weighted by atomic mass is 10.1. The van der Waals surface area contributed by atoms with Crippen molar-refractivity contribution in [3.05, 3.63) is 33.8 Å². The van der Waals surface area contributed by atoms with Gasteiger partial charge in [-0.2, -0.15) is 0 Å². The first-order valence-electron chi connectivity index (χ1n) is 5.37. The Labute approximate surface area is 113 Å². The van der Waals surface area contributed by atoms with Crippen molar-refractivity contribution < 1.29 is 19.8 Å². The van der Waals surface area contributed by atoms with Gasteiger partial charge in [-0.25, -0.2) is 4.79 Å². The number of amides is 1. The first-order valence-corrected chi connectivity index (χ1v) is 6.16. The van der Waals surface area contributed by atoms with Crippen molar-refractivity contribution >= 4 is 27.8 Å². The molecule has 0 aromatic heterocycles. The summed E-state index contributed by atoms with van der Waals surface area (Å²) in [5, 5.41) is 20.1. The van der Waals surface area contributed by atoms with E-state index in [9.17, 15) is 9.59 Å². The minimum absolute atomic E-state index is 0.0197. The van der Waals surface area contributed by atoms with Crippen LogP contribution in [-0.2, 0) is 4.79 Å². The van der Waals surface area contributed by atoms with Crippen LogP contribution in [0.5, 0.6) is 0 Å². The lowest BCUT2D eigenvalue weighted by molar-refractivity contribution is -0.146. The molecule has 1 aromatic carbocycles. The number of hydrogen-bond acceptors (Lipinski definition) is 3. The van der Waals surface area contributed by atoms with Crippen LogP contribution in [0.4, 0.5) is 0 Å². The summed E-state index contributed by atoms with van der Waals surface area (Å²) in [4.78, 5) is 22.2. The molecule has 0 aliphatic rings. The molecule has 1 amide bonds. The summed E-state index contributed by atoms with van der Waals surface area (Å²) in [7, 11) is 0. The van der Waals surface area contributed by atoms with Crippen molar-refractivity contribution in [3.63, 3.8) is 0 Å². The fraction of sp³-hybridized carbons (Fsp3) is 0.333. The monoisotopic (exact) mass is 315 g/mol. The number of aryl methyl sites for hydroxylation is 1. The quantitative estimate of drug-likeness (QED) is 0.765. The Morgan fingerprint density at radius 2 is 2.11 bits per heavy atom. The van der Waals surface area contributed by atoms with Crippen molar-refractivity contribution in [2.75, 3.05) is 6.54 Å². The number of halogens is 1. The molecule has 98 valence electrons. The molecule has 1 aromatic rings. The van der Waals surface area contributed by atoms with Crippen molar-refractivity contribution in [3.8, 4) is 0 Å². The van der Waals surface area contributed by atoms with Crippen molar-refractivity contribution in [1.29, 1.82) is 0 Å². The van der Waals surface area contributed by atoms with E-state index in [0.717, 1.165) is 10.0 Å². The molecule has 0 aliphatic carbocycles. The normalized spacial score (nSPS) is 11.9. The molecular weight excluding hydrogens is 302 g/mol. The Morgan fingerprint density at radius 3 is 2.72 bits per heavy atom. The van der Waals surface area contributed by atoms with Gasteiger partial charge < -0.3 is 15.5 Å². The molecule has 1 atom stereocenters. The lowest BCUT2D eigenvalue weighted by Crippen LogP contribution is -2.30. The number of rotatable bonds is 5. The Kier molecular flexibility index (Phi) is 5.30. The molecule has 6 heteroatoms. The van der Waals surface area contributed by atoms with Crippen molar-refractivity contribution in [2.45, 2.75) is 19.4 Å². The van der Waals surface area contributed by atoms with Gasteiger partial charge in [0.15, 0.2) is 6.10 Å². The molecule has 0 heterocycles. The Hall–Kier alpha value is -1.40. The molecular formula is C12H14BrNO4. The molecule has 5 nitrogen and oxygen atoms in total. The van der Waals surface area contributed by atoms with Crippen LogP contribution in [-0.4, -0.2) is 34.7 Å². The van der Waals surface area contributed by atoms with Crippen LogP contribution < -0.4 is 5.32 Å². The standard InChI is InChI=1S/C12H14BrNO4/c1-7-2-3-8(13)6-9(7)11(16)14-5-4-10(15)12(17)18/h2-3,6,10,15H,4-5H2,1H3,(H,14,16)(H,17,18). The number of nitrogens with one attached hydrogen (secondary N) is 1. The fourth-order valence-corrected chi connectivity index (χ4v) is 1.74. The summed E-state index contributed by atoms with van der Waals surface area (Å²) in [5.74, 6) is -1.57. The summed E-state index contributed by atoms with van der Waals surface area (Å²) in [6.45, 7) is 1.92. The minimum Gasteiger partial charge on any atom is -0.479 e. The van der Waals surface area contributed by atoms with Gasteiger partial charge in [0.1, 0.15) is 0 Å². The van der Waals surface area contributed by atoms with E-state index in [-0.39, 0.29) is 18.9 Å². The van der Waals surface area contributed by atoms with Gasteiger partial charge in [-0.05, 0) is 24.6 Å². The third-order valence-electron chi connectivity index (χ3n) is 2.43. The molecule has 0 saturated carbocycles. The molecule has 0 saturated heterocycles. The lowest BCUT2D eigenvalue weighted by Gasteiger charge is -2.09. The Bertz CT molecular complexity index is 461. The van der Waals surface area contributed by atoms with Crippen molar-refractivity contribution in [2.24, 2.45) is 0 Å². The van der Waals surface area contributed by atoms with Crippen LogP contribution in [0.2, 0.25) is 0 Å². The molecule has 1 rings (SSSR count). The largest absolute Gasteiger partial charge is 0.479 e. The number of carbonyl (C=O) groups is 2. The van der Waals surface area contributed by atoms with Gasteiger partial charge in [0.05, 0.1) is 0 Å². The van der Waals surface area contributed by atoms with Crippen LogP contribution in [0.15, 0.2) is 22.7 Å². The predicted octanol–water partition coefficient (Wildman–Crippen LogP) is 1.32. The van der Waals surface area contributed by atoms with E-state index in [0.29, 0.717) is 5.56 Å². The highest BCUT2D eigenvalue weighted by molar-refractivity contribution is 9.10. The third kappa shape index (κ3) is 4.12. The number of carbonyl (C=O) groups excluding carboxylic acids is 1. The minimum atomic E-state index is -1.45. The fourth-order valence-electron chi connectivity index (χ4n) is 1.38. The van der Waals surface area contributed by atoms with Gasteiger partial charge in [-0.15, -0.1) is 0 Å². The smallest absolute Gasteiger partial charge is 0.332 e. The molecule has 3 N–H and O–H groups in total. The molecule has 0 bridgehead atoms. The van der Waals surface area contributed by atoms with Crippen LogP contribution >= 0.6 is 15.9 Å². The number of carboxylic acids is 1. The maximum atomic E-state index is 11.8. The van der Waals surface area contributed by atoms with Gasteiger partial charge in [0.2, 0.25) is 0 Å². The van der Waals surface area contributed by atoms with Crippen molar-refractivity contribution in [1.82, 2.24) is 5.32 Å². The highest BCUT2D eigenvalue weighted by atomic mass is 79.9. The number of hydrogen-bond donors (Lipinski definition) is 3. The van der Waals surface area contributed by atoms with Crippen LogP contribution in [0, 0.1) is 6.92 Å². The van der Waals surface area contributed by atoms with Gasteiger partial charge in [0.25, 0.3) is 5.91 Å². The maximum absolute atomic E-state index is 11.8. The molecule has 0 radical (unpaired) electrons. The van der Waals surface area contributed by atoms with E-state index in [4.69, 9.17) is 10.2 Å². The van der Waals surface area contributed by atoms with E-state index in [1.165, 1.54) is 0 Å². The summed E-state index contributed by atoms with van der Waals surface area (Å²) in [6.07, 6.45) is -1.47. The molecule has 18 heavy (non-hydrogen) atoms. The van der Waals surface area contributed by atoms with Gasteiger partial charge in [0, 0.05) is 23.0 Å². The first kappa shape index (κ1) is 14.7. The van der Waals surface area contributed by atoms with E-state index in [2.05, 4.69) is 21.2 Å². The van der Waals surface area contributed by atoms with Gasteiger partial charge >= 0.3 is 5.97 Å². The Morgan fingerprint density at radius 1 is 1.44 bits per heavy atom. The second kappa shape index (κ2) is 6.51. The SMILES string of the molecule is Cc1ccc(Br)cc1C(=O)NCCC(O)C(=O)O. The highest BCUT2D eigenvalue weighted by Gasteiger charge is 2.14. The van der Waals surface area contributed by atoms with E-state index in [1.54, 1.807) is 6.07 Å². The van der Waals surface area contributed by atoms with Crippen LogP contribution in [0.25, 0.3) is 0 Å². The summed E-state index contributed by atoms with van der Waals surface area (Å²) >= 11 is 3.28. The molecule has 0 spiro atoms. The maximum Gasteiger partial charge on any atom is 0.332 e. The number of aliphatic carboxylic acids is 1. The topological polar surface area (TPSA) is 86.6 Å².